The first kappa shape index (κ1) is 16.1. The molecule has 0 N–H and O–H groups in total. The smallest absolute Gasteiger partial charge is 0.327 e. The number of anilines is 1. The highest BCUT2D eigenvalue weighted by Gasteiger charge is 2.30. The van der Waals surface area contributed by atoms with Crippen LogP contribution in [0.4, 0.5) is 15.8 Å². The number of halogens is 1. The highest BCUT2D eigenvalue weighted by atomic mass is 19.1. The van der Waals surface area contributed by atoms with Crippen molar-refractivity contribution in [1.29, 1.82) is 0 Å². The molecule has 0 amide bonds. The molecule has 0 aliphatic carbocycles. The topological polar surface area (TPSA) is 52.9 Å². The number of hydrogen-bond acceptors (Lipinski definition) is 5. The maximum absolute atomic E-state index is 13.8. The van der Waals surface area contributed by atoms with Gasteiger partial charge in [0, 0.05) is 38.8 Å². The normalized spacial score (nSPS) is 23.9. The zero-order valence-corrected chi connectivity index (χ0v) is 13.4. The van der Waals surface area contributed by atoms with E-state index in [1.807, 2.05) is 4.90 Å². The molecule has 0 aromatic heterocycles. The molecule has 0 bridgehead atoms. The first-order valence-electron chi connectivity index (χ1n) is 8.16. The second-order valence-corrected chi connectivity index (χ2v) is 6.45. The van der Waals surface area contributed by atoms with Gasteiger partial charge in [-0.25, -0.2) is 0 Å². The summed E-state index contributed by atoms with van der Waals surface area (Å²) in [6, 6.07) is 4.90. The number of rotatable bonds is 3. The van der Waals surface area contributed by atoms with Crippen molar-refractivity contribution in [2.45, 2.75) is 18.9 Å². The summed E-state index contributed by atoms with van der Waals surface area (Å²) in [6.45, 7) is 5.37. The van der Waals surface area contributed by atoms with E-state index in [0.717, 1.165) is 32.2 Å². The van der Waals surface area contributed by atoms with Crippen LogP contribution in [0.15, 0.2) is 18.2 Å². The maximum Gasteiger partial charge on any atom is 0.327 e. The Morgan fingerprint density at radius 2 is 1.96 bits per heavy atom. The summed E-state index contributed by atoms with van der Waals surface area (Å²) in [5.74, 6) is -0.760. The Morgan fingerprint density at radius 3 is 2.61 bits per heavy atom. The molecule has 2 fully saturated rings. The molecule has 1 aromatic carbocycles. The van der Waals surface area contributed by atoms with Crippen LogP contribution in [0.3, 0.4) is 0 Å². The number of nitrogens with zero attached hydrogens (tertiary/aromatic N) is 4. The number of nitro groups is 1. The number of para-hydroxylation sites is 1. The molecular formula is C16H23FN4O2. The largest absolute Gasteiger partial charge is 0.363 e. The fourth-order valence-electron chi connectivity index (χ4n) is 3.71. The standard InChI is InChI=1S/C16H23FN4O2/c1-18-7-3-4-13(12-18)19-8-10-20(11-9-19)15-6-2-5-14(17)16(15)21(22)23/h2,5-6,13H,3-4,7-12H2,1H3. The van der Waals surface area contributed by atoms with Gasteiger partial charge < -0.3 is 9.80 Å². The van der Waals surface area contributed by atoms with Gasteiger partial charge in [-0.3, -0.25) is 15.0 Å². The number of piperidine rings is 1. The van der Waals surface area contributed by atoms with Gasteiger partial charge in [-0.2, -0.15) is 4.39 Å². The zero-order valence-electron chi connectivity index (χ0n) is 13.4. The van der Waals surface area contributed by atoms with Crippen LogP contribution in [0.2, 0.25) is 0 Å². The Kier molecular flexibility index (Phi) is 4.77. The molecule has 1 aromatic rings. The maximum atomic E-state index is 13.8. The van der Waals surface area contributed by atoms with Crippen LogP contribution >= 0.6 is 0 Å². The molecule has 0 spiro atoms. The van der Waals surface area contributed by atoms with Crippen molar-refractivity contribution >= 4 is 11.4 Å². The molecule has 126 valence electrons. The van der Waals surface area contributed by atoms with Gasteiger partial charge in [0.15, 0.2) is 0 Å². The zero-order chi connectivity index (χ0) is 16.4. The van der Waals surface area contributed by atoms with E-state index in [1.54, 1.807) is 12.1 Å². The lowest BCUT2D eigenvalue weighted by atomic mass is 10.0. The number of likely N-dealkylation sites (N-methyl/N-ethyl adjacent to an activating group) is 1. The third kappa shape index (κ3) is 3.45. The Bertz CT molecular complexity index is 575. The minimum atomic E-state index is -0.760. The SMILES string of the molecule is CN1CCCC(N2CCN(c3cccc(F)c3[N+](=O)[O-])CC2)C1. The number of piperazine rings is 1. The van der Waals surface area contributed by atoms with Gasteiger partial charge in [0.25, 0.3) is 0 Å². The Morgan fingerprint density at radius 1 is 1.22 bits per heavy atom. The van der Waals surface area contributed by atoms with Gasteiger partial charge in [-0.15, -0.1) is 0 Å². The minimum Gasteiger partial charge on any atom is -0.363 e. The van der Waals surface area contributed by atoms with Crippen molar-refractivity contribution in [1.82, 2.24) is 9.80 Å². The van der Waals surface area contributed by atoms with E-state index < -0.39 is 16.4 Å². The second kappa shape index (κ2) is 6.80. The molecule has 6 nitrogen and oxygen atoms in total. The summed E-state index contributed by atoms with van der Waals surface area (Å²) in [5, 5.41) is 11.2. The van der Waals surface area contributed by atoms with E-state index >= 15 is 0 Å². The van der Waals surface area contributed by atoms with Gasteiger partial charge in [0.2, 0.25) is 5.82 Å². The highest BCUT2D eigenvalue weighted by Crippen LogP contribution is 2.31. The third-order valence-corrected chi connectivity index (χ3v) is 4.92. The van der Waals surface area contributed by atoms with Gasteiger partial charge in [-0.05, 0) is 38.6 Å². The van der Waals surface area contributed by atoms with Crippen molar-refractivity contribution in [2.75, 3.05) is 51.2 Å². The molecule has 0 saturated carbocycles. The Balaban J connectivity index is 1.68. The fourth-order valence-corrected chi connectivity index (χ4v) is 3.71. The van der Waals surface area contributed by atoms with E-state index in [9.17, 15) is 14.5 Å². The van der Waals surface area contributed by atoms with Crippen LogP contribution in [0, 0.1) is 15.9 Å². The van der Waals surface area contributed by atoms with Crippen LogP contribution in [-0.2, 0) is 0 Å². The molecule has 2 aliphatic heterocycles. The second-order valence-electron chi connectivity index (χ2n) is 6.45. The van der Waals surface area contributed by atoms with E-state index in [2.05, 4.69) is 16.8 Å². The van der Waals surface area contributed by atoms with Crippen LogP contribution in [-0.4, -0.2) is 67.1 Å². The monoisotopic (exact) mass is 322 g/mol. The van der Waals surface area contributed by atoms with Crippen molar-refractivity contribution in [2.24, 2.45) is 0 Å². The number of likely N-dealkylation sites (tertiary alicyclic amines) is 1. The summed E-state index contributed by atoms with van der Waals surface area (Å²) < 4.78 is 13.8. The molecular weight excluding hydrogens is 299 g/mol. The lowest BCUT2D eigenvalue weighted by Gasteiger charge is -2.43. The fraction of sp³-hybridized carbons (Fsp3) is 0.625. The summed E-state index contributed by atoms with van der Waals surface area (Å²) in [4.78, 5) is 17.3. The first-order chi connectivity index (χ1) is 11.1. The van der Waals surface area contributed by atoms with Crippen molar-refractivity contribution in [3.63, 3.8) is 0 Å². The highest BCUT2D eigenvalue weighted by molar-refractivity contribution is 5.64. The quantitative estimate of drug-likeness (QED) is 0.629. The Labute approximate surface area is 135 Å². The van der Waals surface area contributed by atoms with Gasteiger partial charge in [0.1, 0.15) is 5.69 Å². The summed E-state index contributed by atoms with van der Waals surface area (Å²) in [6.07, 6.45) is 2.43. The van der Waals surface area contributed by atoms with Gasteiger partial charge >= 0.3 is 5.69 Å². The molecule has 2 heterocycles. The van der Waals surface area contributed by atoms with Crippen LogP contribution in [0.5, 0.6) is 0 Å². The lowest BCUT2D eigenvalue weighted by Crippen LogP contribution is -2.54. The number of benzene rings is 1. The molecule has 0 radical (unpaired) electrons. The third-order valence-electron chi connectivity index (χ3n) is 4.92. The summed E-state index contributed by atoms with van der Waals surface area (Å²) in [7, 11) is 2.15. The van der Waals surface area contributed by atoms with Crippen molar-refractivity contribution in [3.8, 4) is 0 Å². The first-order valence-corrected chi connectivity index (χ1v) is 8.16. The van der Waals surface area contributed by atoms with Gasteiger partial charge in [-0.1, -0.05) is 6.07 Å². The summed E-state index contributed by atoms with van der Waals surface area (Å²) in [5.41, 5.74) is -0.00578. The predicted octanol–water partition coefficient (Wildman–Crippen LogP) is 1.95. The van der Waals surface area contributed by atoms with E-state index in [-0.39, 0.29) is 0 Å². The van der Waals surface area contributed by atoms with E-state index in [4.69, 9.17) is 0 Å². The lowest BCUT2D eigenvalue weighted by molar-refractivity contribution is -0.386. The average Bonchev–Trinajstić information content (AvgIpc) is 2.54. The number of hydrogen-bond donors (Lipinski definition) is 0. The van der Waals surface area contributed by atoms with Crippen molar-refractivity contribution < 1.29 is 9.31 Å². The minimum absolute atomic E-state index is 0.399. The molecule has 7 heteroatoms. The predicted molar refractivity (Wildman–Crippen MR) is 87.4 cm³/mol. The number of nitro benzene ring substituents is 1. The van der Waals surface area contributed by atoms with Gasteiger partial charge in [0.05, 0.1) is 4.92 Å². The van der Waals surface area contributed by atoms with Crippen LogP contribution in [0.1, 0.15) is 12.8 Å². The molecule has 1 atom stereocenters. The molecule has 3 rings (SSSR count). The van der Waals surface area contributed by atoms with E-state index in [1.165, 1.54) is 12.8 Å². The average molecular weight is 322 g/mol. The van der Waals surface area contributed by atoms with Crippen LogP contribution in [0.25, 0.3) is 0 Å². The molecule has 23 heavy (non-hydrogen) atoms. The molecule has 2 aliphatic rings. The molecule has 2 saturated heterocycles. The van der Waals surface area contributed by atoms with Crippen molar-refractivity contribution in [3.05, 3.63) is 34.1 Å². The Hall–Kier alpha value is -1.73. The molecule has 1 unspecified atom stereocenters. The summed E-state index contributed by atoms with van der Waals surface area (Å²) >= 11 is 0. The van der Waals surface area contributed by atoms with Crippen LogP contribution < -0.4 is 4.90 Å². The van der Waals surface area contributed by atoms with E-state index in [0.29, 0.717) is 24.8 Å².